The van der Waals surface area contributed by atoms with Gasteiger partial charge in [0.1, 0.15) is 18.8 Å². The zero-order chi connectivity index (χ0) is 21.8. The van der Waals surface area contributed by atoms with Crippen LogP contribution in [0.1, 0.15) is 15.9 Å². The van der Waals surface area contributed by atoms with Gasteiger partial charge in [0.2, 0.25) is 0 Å². The number of amides is 1. The molecule has 0 bridgehead atoms. The number of carbonyl (C=O) groups excluding carboxylic acids is 1. The van der Waals surface area contributed by atoms with Crippen molar-refractivity contribution in [1.82, 2.24) is 14.7 Å². The Morgan fingerprint density at radius 3 is 2.22 bits per heavy atom. The minimum atomic E-state index is 0.0415. The van der Waals surface area contributed by atoms with Crippen molar-refractivity contribution in [3.8, 4) is 11.3 Å². The molecule has 160 valence electrons. The summed E-state index contributed by atoms with van der Waals surface area (Å²) < 4.78 is 1.88. The molecular weight excluding hydrogens is 398 g/mol. The molecule has 5 rings (SSSR count). The molecule has 1 amide bonds. The lowest BCUT2D eigenvalue weighted by atomic mass is 10.1. The van der Waals surface area contributed by atoms with Crippen LogP contribution in [0.15, 0.2) is 91.3 Å². The molecule has 32 heavy (non-hydrogen) atoms. The Balaban J connectivity index is 1.38. The summed E-state index contributed by atoms with van der Waals surface area (Å²) in [5.74, 6) is 1.13. The highest BCUT2D eigenvalue weighted by Crippen LogP contribution is 2.24. The van der Waals surface area contributed by atoms with Gasteiger partial charge >= 0.3 is 0 Å². The lowest BCUT2D eigenvalue weighted by Crippen LogP contribution is -2.50. The third-order valence-electron chi connectivity index (χ3n) is 5.83. The maximum Gasteiger partial charge on any atom is 0.274 e. The number of anilines is 1. The maximum absolute atomic E-state index is 13.5. The summed E-state index contributed by atoms with van der Waals surface area (Å²) in [4.78, 5) is 21.0. The number of nitrogens with one attached hydrogen (secondary N) is 1. The molecule has 1 N–H and O–H groups in total. The number of H-pyrrole nitrogens is 1. The predicted molar refractivity (Wildman–Crippen MR) is 124 cm³/mol. The van der Waals surface area contributed by atoms with Crippen LogP contribution >= 0.6 is 0 Å². The summed E-state index contributed by atoms with van der Waals surface area (Å²) in [7, 11) is 0. The largest absolute Gasteiger partial charge is 0.331 e. The molecule has 6 heteroatoms. The molecule has 1 aliphatic heterocycles. The van der Waals surface area contributed by atoms with Crippen LogP contribution in [-0.2, 0) is 6.54 Å². The Labute approximate surface area is 187 Å². The standard InChI is InChI=1S/C26H25N5O/c32-26(30-17-15-29(16-18-30)24-13-7-8-14-27-24)23-20-31(19-21-9-3-1-4-10-21)28-25(23)22-11-5-2-6-12-22/h1-14,20H,15-19H2/p+1. The van der Waals surface area contributed by atoms with Crippen LogP contribution in [0.4, 0.5) is 5.82 Å². The van der Waals surface area contributed by atoms with Crippen LogP contribution in [0.25, 0.3) is 11.3 Å². The maximum atomic E-state index is 13.5. The van der Waals surface area contributed by atoms with E-state index in [0.29, 0.717) is 25.2 Å². The summed E-state index contributed by atoms with van der Waals surface area (Å²) in [6, 6.07) is 26.2. The van der Waals surface area contributed by atoms with Crippen LogP contribution in [0, 0.1) is 0 Å². The van der Waals surface area contributed by atoms with Crippen LogP contribution in [-0.4, -0.2) is 46.8 Å². The van der Waals surface area contributed by atoms with Gasteiger partial charge in [0, 0.05) is 17.8 Å². The molecule has 1 aliphatic rings. The van der Waals surface area contributed by atoms with E-state index in [1.165, 1.54) is 0 Å². The molecule has 2 aromatic carbocycles. The second-order valence-electron chi connectivity index (χ2n) is 7.97. The number of benzene rings is 2. The van der Waals surface area contributed by atoms with Crippen LogP contribution in [0.5, 0.6) is 0 Å². The monoisotopic (exact) mass is 424 g/mol. The van der Waals surface area contributed by atoms with Crippen molar-refractivity contribution in [2.75, 3.05) is 31.1 Å². The molecule has 0 atom stereocenters. The van der Waals surface area contributed by atoms with Crippen LogP contribution in [0.2, 0.25) is 0 Å². The van der Waals surface area contributed by atoms with E-state index in [0.717, 1.165) is 35.7 Å². The average Bonchev–Trinajstić information content (AvgIpc) is 3.29. The van der Waals surface area contributed by atoms with Gasteiger partial charge in [0.25, 0.3) is 11.7 Å². The molecule has 0 radical (unpaired) electrons. The van der Waals surface area contributed by atoms with E-state index in [2.05, 4.69) is 28.1 Å². The smallest absolute Gasteiger partial charge is 0.274 e. The van der Waals surface area contributed by atoms with Crippen molar-refractivity contribution in [1.29, 1.82) is 0 Å². The highest BCUT2D eigenvalue weighted by molar-refractivity contribution is 6.00. The Morgan fingerprint density at radius 2 is 1.53 bits per heavy atom. The zero-order valence-corrected chi connectivity index (χ0v) is 17.9. The highest BCUT2D eigenvalue weighted by atomic mass is 16.2. The van der Waals surface area contributed by atoms with E-state index in [9.17, 15) is 4.79 Å². The van der Waals surface area contributed by atoms with Gasteiger partial charge in [-0.25, -0.2) is 4.98 Å². The molecule has 0 unspecified atom stereocenters. The number of aromatic nitrogens is 3. The molecule has 1 fully saturated rings. The van der Waals surface area contributed by atoms with E-state index in [1.807, 2.05) is 82.6 Å². The number of hydrogen-bond donors (Lipinski definition) is 0. The minimum Gasteiger partial charge on any atom is -0.331 e. The molecule has 4 aromatic rings. The third-order valence-corrected chi connectivity index (χ3v) is 5.83. The van der Waals surface area contributed by atoms with Gasteiger partial charge in [-0.2, -0.15) is 5.10 Å². The van der Waals surface area contributed by atoms with Gasteiger partial charge in [0.05, 0.1) is 31.4 Å². The van der Waals surface area contributed by atoms with Gasteiger partial charge in [0.15, 0.2) is 0 Å². The number of aromatic amines is 1. The van der Waals surface area contributed by atoms with E-state index >= 15 is 0 Å². The first kappa shape index (κ1) is 20.0. The molecule has 0 aliphatic carbocycles. The SMILES string of the molecule is O=C(c1cn(Cc2ccccc2)nc1-c1ccccc1)N1CCN(c2cccc[nH+]2)CC1. The van der Waals surface area contributed by atoms with Crippen molar-refractivity contribution >= 4 is 11.7 Å². The second kappa shape index (κ2) is 9.06. The summed E-state index contributed by atoms with van der Waals surface area (Å²) in [6.45, 7) is 3.58. The Hall–Kier alpha value is -3.93. The molecule has 6 nitrogen and oxygen atoms in total. The minimum absolute atomic E-state index is 0.0415. The van der Waals surface area contributed by atoms with E-state index in [1.54, 1.807) is 0 Å². The first-order valence-corrected chi connectivity index (χ1v) is 11.0. The number of carbonyl (C=O) groups is 1. The number of piperazine rings is 1. The molecule has 0 spiro atoms. The predicted octanol–water partition coefficient (Wildman–Crippen LogP) is 3.37. The molecule has 1 saturated heterocycles. The lowest BCUT2D eigenvalue weighted by molar-refractivity contribution is -0.364. The number of nitrogens with zero attached hydrogens (tertiary/aromatic N) is 4. The quantitative estimate of drug-likeness (QED) is 0.494. The van der Waals surface area contributed by atoms with Gasteiger partial charge in [-0.3, -0.25) is 14.4 Å². The Bertz CT molecular complexity index is 1170. The highest BCUT2D eigenvalue weighted by Gasteiger charge is 2.29. The summed E-state index contributed by atoms with van der Waals surface area (Å²) in [5, 5.41) is 4.81. The average molecular weight is 425 g/mol. The summed E-state index contributed by atoms with van der Waals surface area (Å²) >= 11 is 0. The normalized spacial score (nSPS) is 13.9. The van der Waals surface area contributed by atoms with Gasteiger partial charge < -0.3 is 4.90 Å². The van der Waals surface area contributed by atoms with E-state index in [-0.39, 0.29) is 5.91 Å². The van der Waals surface area contributed by atoms with Crippen molar-refractivity contribution in [2.24, 2.45) is 0 Å². The Morgan fingerprint density at radius 1 is 0.844 bits per heavy atom. The summed E-state index contributed by atoms with van der Waals surface area (Å²) in [6.07, 6.45) is 3.83. The lowest BCUT2D eigenvalue weighted by Gasteiger charge is -2.30. The van der Waals surface area contributed by atoms with Crippen molar-refractivity contribution in [2.45, 2.75) is 6.54 Å². The van der Waals surface area contributed by atoms with Crippen molar-refractivity contribution in [3.05, 3.63) is 102 Å². The molecule has 0 saturated carbocycles. The van der Waals surface area contributed by atoms with E-state index in [4.69, 9.17) is 5.10 Å². The fourth-order valence-electron chi connectivity index (χ4n) is 4.14. The molecule has 3 heterocycles. The summed E-state index contributed by atoms with van der Waals surface area (Å²) in [5.41, 5.74) is 3.51. The third kappa shape index (κ3) is 4.25. The van der Waals surface area contributed by atoms with Crippen LogP contribution in [0.3, 0.4) is 0 Å². The topological polar surface area (TPSA) is 55.5 Å². The molecular formula is C26H26N5O+. The van der Waals surface area contributed by atoms with Crippen molar-refractivity contribution in [3.63, 3.8) is 0 Å². The molecule has 2 aromatic heterocycles. The fraction of sp³-hybridized carbons (Fsp3) is 0.192. The number of rotatable bonds is 5. The fourth-order valence-corrected chi connectivity index (χ4v) is 4.14. The van der Waals surface area contributed by atoms with Gasteiger partial charge in [-0.1, -0.05) is 66.7 Å². The van der Waals surface area contributed by atoms with Crippen LogP contribution < -0.4 is 9.88 Å². The zero-order valence-electron chi connectivity index (χ0n) is 17.9. The van der Waals surface area contributed by atoms with Crippen molar-refractivity contribution < 1.29 is 9.78 Å². The first-order valence-electron chi connectivity index (χ1n) is 11.0. The number of hydrogen-bond acceptors (Lipinski definition) is 3. The van der Waals surface area contributed by atoms with E-state index < -0.39 is 0 Å². The second-order valence-corrected chi connectivity index (χ2v) is 7.97. The Kier molecular flexibility index (Phi) is 5.66. The number of pyridine rings is 1. The van der Waals surface area contributed by atoms with Gasteiger partial charge in [-0.05, 0) is 11.6 Å². The van der Waals surface area contributed by atoms with Gasteiger partial charge in [-0.15, -0.1) is 0 Å². The first-order chi connectivity index (χ1) is 15.8.